The maximum atomic E-state index is 12.6. The van der Waals surface area contributed by atoms with Gasteiger partial charge in [0.25, 0.3) is 0 Å². The highest BCUT2D eigenvalue weighted by Gasteiger charge is 2.26. The molecule has 3 heterocycles. The van der Waals surface area contributed by atoms with E-state index in [4.69, 9.17) is 4.42 Å². The first-order valence-corrected chi connectivity index (χ1v) is 9.24. The van der Waals surface area contributed by atoms with Gasteiger partial charge in [-0.15, -0.1) is 0 Å². The monoisotopic (exact) mass is 365 g/mol. The van der Waals surface area contributed by atoms with E-state index < -0.39 is 0 Å². The number of amides is 1. The molecule has 7 heteroatoms. The van der Waals surface area contributed by atoms with Crippen molar-refractivity contribution in [1.82, 2.24) is 25.0 Å². The molecule has 1 fully saturated rings. The zero-order valence-electron chi connectivity index (χ0n) is 15.1. The quantitative estimate of drug-likeness (QED) is 0.726. The number of benzene rings is 1. The zero-order chi connectivity index (χ0) is 18.5. The fraction of sp³-hybridized carbons (Fsp3) is 0.350. The molecule has 7 nitrogen and oxygen atoms in total. The van der Waals surface area contributed by atoms with Gasteiger partial charge in [0.05, 0.1) is 24.4 Å². The van der Waals surface area contributed by atoms with E-state index in [2.05, 4.69) is 20.3 Å². The van der Waals surface area contributed by atoms with Crippen LogP contribution in [0.4, 0.5) is 0 Å². The van der Waals surface area contributed by atoms with E-state index in [0.717, 1.165) is 49.5 Å². The molecule has 140 valence electrons. The summed E-state index contributed by atoms with van der Waals surface area (Å²) in [7, 11) is 0. The number of nitrogens with one attached hydrogen (secondary N) is 1. The Labute approximate surface area is 158 Å². The van der Waals surface area contributed by atoms with Gasteiger partial charge in [-0.05, 0) is 49.2 Å². The predicted octanol–water partition coefficient (Wildman–Crippen LogP) is 2.39. The molecule has 0 radical (unpaired) electrons. The second-order valence-electron chi connectivity index (χ2n) is 6.88. The van der Waals surface area contributed by atoms with E-state index in [-0.39, 0.29) is 11.8 Å². The number of aromatic nitrogens is 3. The second-order valence-corrected chi connectivity index (χ2v) is 6.88. The molecule has 0 saturated carbocycles. The summed E-state index contributed by atoms with van der Waals surface area (Å²) in [5.74, 6) is 1.10. The SMILES string of the molecule is O=C(NCc1ccc(-n2cncn2)cc1)[C@@H]1CCCN(Cc2ccco2)C1. The van der Waals surface area contributed by atoms with Gasteiger partial charge in [-0.1, -0.05) is 12.1 Å². The van der Waals surface area contributed by atoms with Gasteiger partial charge in [0.15, 0.2) is 0 Å². The molecule has 1 saturated heterocycles. The van der Waals surface area contributed by atoms with Crippen LogP contribution in [0, 0.1) is 5.92 Å². The number of carbonyl (C=O) groups is 1. The Bertz CT molecular complexity index is 843. The normalized spacial score (nSPS) is 17.7. The molecule has 1 atom stereocenters. The van der Waals surface area contributed by atoms with Gasteiger partial charge in [-0.2, -0.15) is 5.10 Å². The molecule has 0 bridgehead atoms. The minimum atomic E-state index is 0.0307. The van der Waals surface area contributed by atoms with Gasteiger partial charge in [0.2, 0.25) is 5.91 Å². The van der Waals surface area contributed by atoms with Crippen molar-refractivity contribution in [3.8, 4) is 5.69 Å². The lowest BCUT2D eigenvalue weighted by molar-refractivity contribution is -0.127. The van der Waals surface area contributed by atoms with Crippen LogP contribution in [0.2, 0.25) is 0 Å². The summed E-state index contributed by atoms with van der Waals surface area (Å²) < 4.78 is 7.13. The topological polar surface area (TPSA) is 76.2 Å². The molecular formula is C20H23N5O2. The number of piperidine rings is 1. The van der Waals surface area contributed by atoms with Crippen molar-refractivity contribution in [3.05, 3.63) is 66.6 Å². The van der Waals surface area contributed by atoms with Crippen LogP contribution < -0.4 is 5.32 Å². The van der Waals surface area contributed by atoms with Crippen LogP contribution in [0.5, 0.6) is 0 Å². The van der Waals surface area contributed by atoms with Crippen molar-refractivity contribution in [2.75, 3.05) is 13.1 Å². The molecule has 1 N–H and O–H groups in total. The standard InChI is InChI=1S/C20H23N5O2/c26-20(17-3-1-9-24(12-17)13-19-4-2-10-27-19)22-11-16-5-7-18(8-6-16)25-15-21-14-23-25/h2,4-8,10,14-15,17H,1,3,9,11-13H2,(H,22,26)/t17-/m1/s1. The Hall–Kier alpha value is -2.93. The van der Waals surface area contributed by atoms with Gasteiger partial charge in [-0.3, -0.25) is 9.69 Å². The highest BCUT2D eigenvalue weighted by atomic mass is 16.3. The molecular weight excluding hydrogens is 342 g/mol. The summed E-state index contributed by atoms with van der Waals surface area (Å²) >= 11 is 0. The largest absolute Gasteiger partial charge is 0.468 e. The molecule has 0 spiro atoms. The molecule has 1 aliphatic rings. The summed E-state index contributed by atoms with van der Waals surface area (Å²) in [4.78, 5) is 18.8. The van der Waals surface area contributed by atoms with Crippen LogP contribution in [-0.4, -0.2) is 38.7 Å². The first kappa shape index (κ1) is 17.5. The summed E-state index contributed by atoms with van der Waals surface area (Å²) in [5, 5.41) is 7.19. The van der Waals surface area contributed by atoms with Crippen molar-refractivity contribution < 1.29 is 9.21 Å². The maximum absolute atomic E-state index is 12.6. The highest BCUT2D eigenvalue weighted by molar-refractivity contribution is 5.79. The molecule has 1 aromatic carbocycles. The Kier molecular flexibility index (Phi) is 5.29. The fourth-order valence-electron chi connectivity index (χ4n) is 3.48. The zero-order valence-corrected chi connectivity index (χ0v) is 15.1. The van der Waals surface area contributed by atoms with E-state index in [9.17, 15) is 4.79 Å². The van der Waals surface area contributed by atoms with Gasteiger partial charge in [-0.25, -0.2) is 9.67 Å². The third-order valence-corrected chi connectivity index (χ3v) is 4.92. The van der Waals surface area contributed by atoms with Crippen molar-refractivity contribution in [1.29, 1.82) is 0 Å². The molecule has 3 aromatic rings. The lowest BCUT2D eigenvalue weighted by atomic mass is 9.97. The van der Waals surface area contributed by atoms with Gasteiger partial charge >= 0.3 is 0 Å². The Morgan fingerprint density at radius 2 is 2.15 bits per heavy atom. The van der Waals surface area contributed by atoms with Crippen molar-refractivity contribution >= 4 is 5.91 Å². The first-order chi connectivity index (χ1) is 13.3. The number of nitrogens with zero attached hydrogens (tertiary/aromatic N) is 4. The maximum Gasteiger partial charge on any atom is 0.224 e. The molecule has 27 heavy (non-hydrogen) atoms. The molecule has 1 amide bonds. The fourth-order valence-corrected chi connectivity index (χ4v) is 3.48. The Morgan fingerprint density at radius 1 is 1.26 bits per heavy atom. The minimum absolute atomic E-state index is 0.0307. The third-order valence-electron chi connectivity index (χ3n) is 4.92. The number of hydrogen-bond donors (Lipinski definition) is 1. The molecule has 0 unspecified atom stereocenters. The molecule has 4 rings (SSSR count). The summed E-state index contributed by atoms with van der Waals surface area (Å²) in [6, 6.07) is 11.8. The average Bonchev–Trinajstić information content (AvgIpc) is 3.41. The van der Waals surface area contributed by atoms with E-state index in [1.807, 2.05) is 36.4 Å². The number of likely N-dealkylation sites (tertiary alicyclic amines) is 1. The van der Waals surface area contributed by atoms with E-state index in [1.54, 1.807) is 17.3 Å². The summed E-state index contributed by atoms with van der Waals surface area (Å²) in [5.41, 5.74) is 2.01. The molecule has 0 aliphatic carbocycles. The summed E-state index contributed by atoms with van der Waals surface area (Å²) in [6.45, 7) is 3.08. The second kappa shape index (κ2) is 8.18. The first-order valence-electron chi connectivity index (χ1n) is 9.24. The number of hydrogen-bond acceptors (Lipinski definition) is 5. The Morgan fingerprint density at radius 3 is 2.89 bits per heavy atom. The van der Waals surface area contributed by atoms with Gasteiger partial charge in [0.1, 0.15) is 18.4 Å². The smallest absolute Gasteiger partial charge is 0.224 e. The number of carbonyl (C=O) groups excluding carboxylic acids is 1. The van der Waals surface area contributed by atoms with Crippen molar-refractivity contribution in [2.24, 2.45) is 5.92 Å². The molecule has 1 aliphatic heterocycles. The van der Waals surface area contributed by atoms with Crippen molar-refractivity contribution in [2.45, 2.75) is 25.9 Å². The highest BCUT2D eigenvalue weighted by Crippen LogP contribution is 2.19. The minimum Gasteiger partial charge on any atom is -0.468 e. The summed E-state index contributed by atoms with van der Waals surface area (Å²) in [6.07, 6.45) is 6.83. The average molecular weight is 365 g/mol. The number of furan rings is 1. The van der Waals surface area contributed by atoms with Crippen LogP contribution in [0.15, 0.2) is 59.7 Å². The van der Waals surface area contributed by atoms with E-state index in [0.29, 0.717) is 6.54 Å². The van der Waals surface area contributed by atoms with E-state index >= 15 is 0 Å². The Balaban J connectivity index is 1.28. The van der Waals surface area contributed by atoms with Gasteiger partial charge in [0, 0.05) is 13.1 Å². The lowest BCUT2D eigenvalue weighted by Crippen LogP contribution is -2.42. The van der Waals surface area contributed by atoms with Crippen molar-refractivity contribution in [3.63, 3.8) is 0 Å². The van der Waals surface area contributed by atoms with Crippen LogP contribution in [-0.2, 0) is 17.9 Å². The van der Waals surface area contributed by atoms with E-state index in [1.165, 1.54) is 6.33 Å². The number of rotatable bonds is 6. The van der Waals surface area contributed by atoms with Gasteiger partial charge < -0.3 is 9.73 Å². The molecule has 2 aromatic heterocycles. The lowest BCUT2D eigenvalue weighted by Gasteiger charge is -2.31. The van der Waals surface area contributed by atoms with Crippen LogP contribution in [0.25, 0.3) is 5.69 Å². The van der Waals surface area contributed by atoms with Crippen LogP contribution in [0.3, 0.4) is 0 Å². The van der Waals surface area contributed by atoms with Crippen LogP contribution in [0.1, 0.15) is 24.2 Å². The predicted molar refractivity (Wildman–Crippen MR) is 99.9 cm³/mol. The van der Waals surface area contributed by atoms with Crippen LogP contribution >= 0.6 is 0 Å². The third kappa shape index (κ3) is 4.43.